The number of esters is 1. The summed E-state index contributed by atoms with van der Waals surface area (Å²) in [6.07, 6.45) is 5.44. The molecule has 152 valence electrons. The number of amides is 1. The summed E-state index contributed by atoms with van der Waals surface area (Å²) in [5.74, 6) is -0.0828. The van der Waals surface area contributed by atoms with E-state index in [1.807, 2.05) is 0 Å². The molecule has 1 saturated heterocycles. The molecule has 1 saturated carbocycles. The molecule has 0 unspecified atom stereocenters. The van der Waals surface area contributed by atoms with Gasteiger partial charge >= 0.3 is 5.97 Å². The minimum atomic E-state index is -0.360. The van der Waals surface area contributed by atoms with Gasteiger partial charge in [0.2, 0.25) is 5.01 Å². The first-order valence-electron chi connectivity index (χ1n) is 9.19. The van der Waals surface area contributed by atoms with E-state index in [-0.39, 0.29) is 43.0 Å². The highest BCUT2D eigenvalue weighted by Gasteiger charge is 2.26. The van der Waals surface area contributed by atoms with E-state index >= 15 is 0 Å². The lowest BCUT2D eigenvalue weighted by atomic mass is 9.93. The molecule has 3 rings (SSSR count). The van der Waals surface area contributed by atoms with Crippen LogP contribution < -0.4 is 10.6 Å². The van der Waals surface area contributed by atoms with Crippen LogP contribution in [0.1, 0.15) is 59.3 Å². The molecule has 8 nitrogen and oxygen atoms in total. The highest BCUT2D eigenvalue weighted by Crippen LogP contribution is 2.28. The molecule has 1 aromatic heterocycles. The lowest BCUT2D eigenvalue weighted by Crippen LogP contribution is -2.39. The third kappa shape index (κ3) is 6.38. The zero-order valence-electron chi connectivity index (χ0n) is 15.4. The predicted octanol–water partition coefficient (Wildman–Crippen LogP) is 1.66. The summed E-state index contributed by atoms with van der Waals surface area (Å²) in [4.78, 5) is 23.6. The molecule has 0 spiro atoms. The van der Waals surface area contributed by atoms with Gasteiger partial charge in [0, 0.05) is 12.0 Å². The zero-order chi connectivity index (χ0) is 18.4. The second kappa shape index (κ2) is 10.9. The first kappa shape index (κ1) is 22.0. The van der Waals surface area contributed by atoms with Crippen LogP contribution in [-0.4, -0.2) is 61.0 Å². The number of piperidine rings is 1. The van der Waals surface area contributed by atoms with Crippen molar-refractivity contribution in [2.45, 2.75) is 56.6 Å². The van der Waals surface area contributed by atoms with E-state index in [2.05, 4.69) is 25.6 Å². The van der Waals surface area contributed by atoms with E-state index in [1.165, 1.54) is 18.4 Å². The summed E-state index contributed by atoms with van der Waals surface area (Å²) in [6.45, 7) is 1.97. The number of rotatable bonds is 6. The lowest BCUT2D eigenvalue weighted by molar-refractivity contribution is -0.148. The molecule has 10 heteroatoms. The molecular weight excluding hydrogens is 392 g/mol. The van der Waals surface area contributed by atoms with E-state index in [0.717, 1.165) is 56.6 Å². The topological polar surface area (TPSA) is 102 Å². The molecule has 2 fully saturated rings. The van der Waals surface area contributed by atoms with Gasteiger partial charge in [-0.05, 0) is 51.6 Å². The monoisotopic (exact) mass is 418 g/mol. The molecule has 2 heterocycles. The molecule has 0 radical (unpaired) electrons. The SMILES string of the molecule is COC(=O)COC1CCC(NC(=O)c2nnc(C3CCNCC3)s2)CC1.Cl. The van der Waals surface area contributed by atoms with Crippen molar-refractivity contribution < 1.29 is 19.1 Å². The minimum Gasteiger partial charge on any atom is -0.467 e. The Hall–Kier alpha value is -1.29. The summed E-state index contributed by atoms with van der Waals surface area (Å²) in [5.41, 5.74) is 0. The third-order valence-electron chi connectivity index (χ3n) is 5.00. The molecule has 1 aliphatic carbocycles. The number of ether oxygens (including phenoxy) is 2. The molecule has 2 N–H and O–H groups in total. The van der Waals surface area contributed by atoms with Gasteiger partial charge in [-0.3, -0.25) is 4.79 Å². The van der Waals surface area contributed by atoms with Crippen LogP contribution in [0.15, 0.2) is 0 Å². The predicted molar refractivity (Wildman–Crippen MR) is 103 cm³/mol. The maximum absolute atomic E-state index is 12.4. The number of carbonyl (C=O) groups excluding carboxylic acids is 2. The van der Waals surface area contributed by atoms with Crippen LogP contribution in [-0.2, 0) is 14.3 Å². The summed E-state index contributed by atoms with van der Waals surface area (Å²) in [7, 11) is 1.35. The van der Waals surface area contributed by atoms with Gasteiger partial charge in [0.05, 0.1) is 13.2 Å². The number of methoxy groups -OCH3 is 1. The standard InChI is InChI=1S/C17H26N4O4S.ClH/c1-24-14(22)10-25-13-4-2-12(3-5-13)19-15(23)17-21-20-16(26-17)11-6-8-18-9-7-11;/h11-13,18H,2-10H2,1H3,(H,19,23);1H. The first-order valence-corrected chi connectivity index (χ1v) is 10.0. The second-order valence-electron chi connectivity index (χ2n) is 6.80. The lowest BCUT2D eigenvalue weighted by Gasteiger charge is -2.28. The fourth-order valence-corrected chi connectivity index (χ4v) is 4.34. The van der Waals surface area contributed by atoms with Crippen LogP contribution in [0.2, 0.25) is 0 Å². The first-order chi connectivity index (χ1) is 12.7. The number of halogens is 1. The molecule has 1 amide bonds. The normalized spacial score (nSPS) is 23.3. The van der Waals surface area contributed by atoms with Crippen molar-refractivity contribution in [3.05, 3.63) is 10.0 Å². The summed E-state index contributed by atoms with van der Waals surface area (Å²) in [6, 6.07) is 0.117. The van der Waals surface area contributed by atoms with Crippen molar-refractivity contribution in [2.75, 3.05) is 26.8 Å². The van der Waals surface area contributed by atoms with Gasteiger partial charge in [0.25, 0.3) is 5.91 Å². The van der Waals surface area contributed by atoms with Crippen molar-refractivity contribution >= 4 is 35.6 Å². The van der Waals surface area contributed by atoms with Crippen molar-refractivity contribution in [1.29, 1.82) is 0 Å². The average Bonchev–Trinajstić information content (AvgIpc) is 3.18. The third-order valence-corrected chi connectivity index (χ3v) is 6.08. The minimum absolute atomic E-state index is 0. The van der Waals surface area contributed by atoms with Crippen LogP contribution >= 0.6 is 23.7 Å². The Morgan fingerprint density at radius 3 is 2.52 bits per heavy atom. The fraction of sp³-hybridized carbons (Fsp3) is 0.765. The fourth-order valence-electron chi connectivity index (χ4n) is 3.43. The number of hydrogen-bond acceptors (Lipinski definition) is 8. The Bertz CT molecular complexity index is 616. The number of carbonyl (C=O) groups is 2. The summed E-state index contributed by atoms with van der Waals surface area (Å²) >= 11 is 1.41. The van der Waals surface area contributed by atoms with Gasteiger partial charge in [-0.1, -0.05) is 11.3 Å². The van der Waals surface area contributed by atoms with Gasteiger partial charge in [-0.15, -0.1) is 22.6 Å². The smallest absolute Gasteiger partial charge is 0.331 e. The number of aromatic nitrogens is 2. The van der Waals surface area contributed by atoms with E-state index in [0.29, 0.717) is 10.9 Å². The maximum atomic E-state index is 12.4. The quantitative estimate of drug-likeness (QED) is 0.677. The molecule has 1 aliphatic heterocycles. The zero-order valence-corrected chi connectivity index (χ0v) is 17.1. The maximum Gasteiger partial charge on any atom is 0.331 e. The van der Waals surface area contributed by atoms with Crippen molar-refractivity contribution in [1.82, 2.24) is 20.8 Å². The highest BCUT2D eigenvalue weighted by molar-refractivity contribution is 7.13. The molecule has 0 atom stereocenters. The summed E-state index contributed by atoms with van der Waals surface area (Å²) in [5, 5.41) is 16.1. The number of hydrogen-bond donors (Lipinski definition) is 2. The Morgan fingerprint density at radius 1 is 1.15 bits per heavy atom. The van der Waals surface area contributed by atoms with Crippen molar-refractivity contribution in [3.63, 3.8) is 0 Å². The van der Waals surface area contributed by atoms with Crippen LogP contribution in [0.25, 0.3) is 0 Å². The van der Waals surface area contributed by atoms with E-state index in [4.69, 9.17) is 4.74 Å². The summed E-state index contributed by atoms with van der Waals surface area (Å²) < 4.78 is 10.1. The van der Waals surface area contributed by atoms with Gasteiger partial charge in [0.15, 0.2) is 0 Å². The van der Waals surface area contributed by atoms with E-state index in [9.17, 15) is 9.59 Å². The molecule has 0 bridgehead atoms. The van der Waals surface area contributed by atoms with Crippen LogP contribution in [0.5, 0.6) is 0 Å². The Kier molecular flexibility index (Phi) is 8.88. The molecule has 0 aromatic carbocycles. The van der Waals surface area contributed by atoms with E-state index < -0.39 is 0 Å². The van der Waals surface area contributed by atoms with Crippen molar-refractivity contribution in [2.24, 2.45) is 0 Å². The van der Waals surface area contributed by atoms with E-state index in [1.54, 1.807) is 0 Å². The average molecular weight is 419 g/mol. The molecule has 1 aromatic rings. The largest absolute Gasteiger partial charge is 0.467 e. The van der Waals surface area contributed by atoms with Crippen LogP contribution in [0.3, 0.4) is 0 Å². The van der Waals surface area contributed by atoms with Crippen LogP contribution in [0.4, 0.5) is 0 Å². The number of nitrogens with zero attached hydrogens (tertiary/aromatic N) is 2. The Morgan fingerprint density at radius 2 is 1.85 bits per heavy atom. The molecule has 27 heavy (non-hydrogen) atoms. The van der Waals surface area contributed by atoms with Gasteiger partial charge in [-0.2, -0.15) is 0 Å². The molecule has 2 aliphatic rings. The highest BCUT2D eigenvalue weighted by atomic mass is 35.5. The van der Waals surface area contributed by atoms with Crippen LogP contribution in [0, 0.1) is 0 Å². The Balaban J connectivity index is 0.00000261. The van der Waals surface area contributed by atoms with Gasteiger partial charge in [0.1, 0.15) is 11.6 Å². The number of nitrogens with one attached hydrogen (secondary N) is 2. The Labute approximate surface area is 169 Å². The van der Waals surface area contributed by atoms with Crippen molar-refractivity contribution in [3.8, 4) is 0 Å². The molecular formula is C17H27ClN4O4S. The van der Waals surface area contributed by atoms with Gasteiger partial charge in [-0.25, -0.2) is 4.79 Å². The van der Waals surface area contributed by atoms with Gasteiger partial charge < -0.3 is 20.1 Å². The second-order valence-corrected chi connectivity index (χ2v) is 7.81.